The van der Waals surface area contributed by atoms with Crippen LogP contribution in [-0.2, 0) is 13.5 Å². The number of hydrogen-bond donors (Lipinski definition) is 2. The molecule has 2 rings (SSSR count). The van der Waals surface area contributed by atoms with Crippen LogP contribution in [0.3, 0.4) is 0 Å². The van der Waals surface area contributed by atoms with Gasteiger partial charge in [0.15, 0.2) is 5.82 Å². The molecule has 0 saturated carbocycles. The van der Waals surface area contributed by atoms with E-state index in [0.717, 1.165) is 30.2 Å². The normalized spacial score (nSPS) is 10.3. The van der Waals surface area contributed by atoms with Gasteiger partial charge in [0.1, 0.15) is 12.1 Å². The van der Waals surface area contributed by atoms with Crippen molar-refractivity contribution in [2.75, 3.05) is 24.7 Å². The van der Waals surface area contributed by atoms with E-state index in [9.17, 15) is 0 Å². The van der Waals surface area contributed by atoms with E-state index in [-0.39, 0.29) is 0 Å². The van der Waals surface area contributed by atoms with Gasteiger partial charge in [-0.2, -0.15) is 5.10 Å². The van der Waals surface area contributed by atoms with Gasteiger partial charge in [-0.1, -0.05) is 0 Å². The van der Waals surface area contributed by atoms with Crippen molar-refractivity contribution < 1.29 is 4.74 Å². The molecule has 1 heterocycles. The first-order valence-corrected chi connectivity index (χ1v) is 5.71. The molecule has 1 aromatic carbocycles. The molecule has 18 heavy (non-hydrogen) atoms. The average Bonchev–Trinajstić information content (AvgIpc) is 2.77. The Hall–Kier alpha value is -2.24. The first-order chi connectivity index (χ1) is 8.69. The minimum absolute atomic E-state index is 0.670. The maximum Gasteiger partial charge on any atom is 0.152 e. The number of hydrogen-bond acceptors (Lipinski definition) is 5. The van der Waals surface area contributed by atoms with Crippen molar-refractivity contribution in [1.29, 1.82) is 0 Å². The van der Waals surface area contributed by atoms with Crippen molar-refractivity contribution in [2.45, 2.75) is 6.42 Å². The predicted octanol–water partition coefficient (Wildman–Crippen LogP) is 1.06. The number of rotatable bonds is 5. The van der Waals surface area contributed by atoms with E-state index < -0.39 is 0 Å². The molecule has 6 heteroatoms. The van der Waals surface area contributed by atoms with Gasteiger partial charge in [0.25, 0.3) is 0 Å². The topological polar surface area (TPSA) is 78.0 Å². The highest BCUT2D eigenvalue weighted by molar-refractivity contribution is 5.68. The summed E-state index contributed by atoms with van der Waals surface area (Å²) in [7, 11) is 3.47. The minimum atomic E-state index is 0.670. The standard InChI is InChI=1S/C12H17N5O/c1-17-8-15-12(16-17)5-6-14-11-4-3-9(18-2)7-10(11)13/h3-4,7-8,14H,5-6,13H2,1-2H3. The fraction of sp³-hybridized carbons (Fsp3) is 0.333. The zero-order valence-electron chi connectivity index (χ0n) is 10.6. The van der Waals surface area contributed by atoms with Gasteiger partial charge in [-0.3, -0.25) is 4.68 Å². The van der Waals surface area contributed by atoms with E-state index in [1.54, 1.807) is 24.2 Å². The van der Waals surface area contributed by atoms with Crippen LogP contribution in [0.15, 0.2) is 24.5 Å². The monoisotopic (exact) mass is 247 g/mol. The summed E-state index contributed by atoms with van der Waals surface area (Å²) in [6.07, 6.45) is 2.45. The molecule has 0 aliphatic carbocycles. The summed E-state index contributed by atoms with van der Waals surface area (Å²) >= 11 is 0. The zero-order chi connectivity index (χ0) is 13.0. The molecule has 2 aromatic rings. The molecule has 0 aliphatic rings. The molecule has 0 unspecified atom stereocenters. The van der Waals surface area contributed by atoms with Crippen LogP contribution in [-0.4, -0.2) is 28.4 Å². The van der Waals surface area contributed by atoms with Gasteiger partial charge >= 0.3 is 0 Å². The summed E-state index contributed by atoms with van der Waals surface area (Å²) < 4.78 is 6.79. The van der Waals surface area contributed by atoms with E-state index >= 15 is 0 Å². The Kier molecular flexibility index (Phi) is 3.66. The number of aryl methyl sites for hydroxylation is 1. The lowest BCUT2D eigenvalue weighted by Gasteiger charge is -2.09. The lowest BCUT2D eigenvalue weighted by atomic mass is 10.2. The quantitative estimate of drug-likeness (QED) is 0.772. The van der Waals surface area contributed by atoms with Gasteiger partial charge in [-0.05, 0) is 12.1 Å². The van der Waals surface area contributed by atoms with Crippen LogP contribution in [0.25, 0.3) is 0 Å². The molecule has 96 valence electrons. The lowest BCUT2D eigenvalue weighted by Crippen LogP contribution is -2.08. The van der Waals surface area contributed by atoms with Crippen LogP contribution < -0.4 is 15.8 Å². The summed E-state index contributed by atoms with van der Waals surface area (Å²) in [6.45, 7) is 0.737. The lowest BCUT2D eigenvalue weighted by molar-refractivity contribution is 0.415. The van der Waals surface area contributed by atoms with Crippen molar-refractivity contribution in [3.05, 3.63) is 30.4 Å². The van der Waals surface area contributed by atoms with Crippen LogP contribution >= 0.6 is 0 Å². The highest BCUT2D eigenvalue weighted by Crippen LogP contribution is 2.23. The van der Waals surface area contributed by atoms with Crippen molar-refractivity contribution in [3.63, 3.8) is 0 Å². The Morgan fingerprint density at radius 1 is 1.44 bits per heavy atom. The van der Waals surface area contributed by atoms with E-state index in [0.29, 0.717) is 5.69 Å². The smallest absolute Gasteiger partial charge is 0.152 e. The van der Waals surface area contributed by atoms with Gasteiger partial charge in [-0.15, -0.1) is 0 Å². The molecule has 6 nitrogen and oxygen atoms in total. The Morgan fingerprint density at radius 2 is 2.28 bits per heavy atom. The van der Waals surface area contributed by atoms with Gasteiger partial charge in [0.2, 0.25) is 0 Å². The average molecular weight is 247 g/mol. The number of nitrogens with two attached hydrogens (primary N) is 1. The summed E-state index contributed by atoms with van der Waals surface area (Å²) in [6, 6.07) is 5.57. The molecule has 0 amide bonds. The number of aromatic nitrogens is 3. The maximum absolute atomic E-state index is 5.90. The van der Waals surface area contributed by atoms with Crippen LogP contribution in [0.4, 0.5) is 11.4 Å². The van der Waals surface area contributed by atoms with Gasteiger partial charge < -0.3 is 15.8 Å². The third kappa shape index (κ3) is 2.91. The fourth-order valence-corrected chi connectivity index (χ4v) is 1.64. The Labute approximate surface area is 106 Å². The van der Waals surface area contributed by atoms with Crippen molar-refractivity contribution >= 4 is 11.4 Å². The van der Waals surface area contributed by atoms with E-state index in [1.165, 1.54) is 0 Å². The highest BCUT2D eigenvalue weighted by Gasteiger charge is 2.02. The van der Waals surface area contributed by atoms with E-state index in [1.807, 2.05) is 19.2 Å². The van der Waals surface area contributed by atoms with Gasteiger partial charge in [-0.25, -0.2) is 4.98 Å². The Bertz CT molecular complexity index is 523. The second kappa shape index (κ2) is 5.39. The summed E-state index contributed by atoms with van der Waals surface area (Å²) in [5.74, 6) is 1.57. The van der Waals surface area contributed by atoms with Gasteiger partial charge in [0, 0.05) is 26.1 Å². The highest BCUT2D eigenvalue weighted by atomic mass is 16.5. The molecular formula is C12H17N5O. The molecule has 0 spiro atoms. The van der Waals surface area contributed by atoms with Crippen molar-refractivity contribution in [3.8, 4) is 5.75 Å². The fourth-order valence-electron chi connectivity index (χ4n) is 1.64. The van der Waals surface area contributed by atoms with Crippen molar-refractivity contribution in [1.82, 2.24) is 14.8 Å². The van der Waals surface area contributed by atoms with Crippen LogP contribution in [0.1, 0.15) is 5.82 Å². The molecule has 0 atom stereocenters. The minimum Gasteiger partial charge on any atom is -0.497 e. The third-order valence-electron chi connectivity index (χ3n) is 2.57. The number of methoxy groups -OCH3 is 1. The number of ether oxygens (including phenoxy) is 1. The van der Waals surface area contributed by atoms with E-state index in [2.05, 4.69) is 15.4 Å². The van der Waals surface area contributed by atoms with Crippen LogP contribution in [0.2, 0.25) is 0 Å². The first-order valence-electron chi connectivity index (χ1n) is 5.71. The molecule has 0 radical (unpaired) electrons. The van der Waals surface area contributed by atoms with E-state index in [4.69, 9.17) is 10.5 Å². The number of nitrogens with one attached hydrogen (secondary N) is 1. The largest absolute Gasteiger partial charge is 0.497 e. The third-order valence-corrected chi connectivity index (χ3v) is 2.57. The Morgan fingerprint density at radius 3 is 2.89 bits per heavy atom. The molecule has 1 aromatic heterocycles. The number of nitrogen functional groups attached to an aromatic ring is 1. The summed E-state index contributed by atoms with van der Waals surface area (Å²) in [5.41, 5.74) is 7.47. The first kappa shape index (κ1) is 12.2. The summed E-state index contributed by atoms with van der Waals surface area (Å²) in [5, 5.41) is 7.46. The second-order valence-corrected chi connectivity index (χ2v) is 3.96. The summed E-state index contributed by atoms with van der Waals surface area (Å²) in [4.78, 5) is 4.16. The Balaban J connectivity index is 1.90. The number of benzene rings is 1. The molecule has 0 aliphatic heterocycles. The van der Waals surface area contributed by atoms with Crippen LogP contribution in [0, 0.1) is 0 Å². The molecule has 0 saturated heterocycles. The maximum atomic E-state index is 5.90. The number of nitrogens with zero attached hydrogens (tertiary/aromatic N) is 3. The predicted molar refractivity (Wildman–Crippen MR) is 70.6 cm³/mol. The van der Waals surface area contributed by atoms with Gasteiger partial charge in [0.05, 0.1) is 18.5 Å². The molecular weight excluding hydrogens is 230 g/mol. The second-order valence-electron chi connectivity index (χ2n) is 3.96. The number of anilines is 2. The van der Waals surface area contributed by atoms with Crippen LogP contribution in [0.5, 0.6) is 5.75 Å². The zero-order valence-corrected chi connectivity index (χ0v) is 10.6. The molecule has 3 N–H and O–H groups in total. The molecule has 0 fully saturated rings. The van der Waals surface area contributed by atoms with Crippen molar-refractivity contribution in [2.24, 2.45) is 7.05 Å². The SMILES string of the molecule is COc1ccc(NCCc2ncn(C)n2)c(N)c1. The molecule has 0 bridgehead atoms.